The first kappa shape index (κ1) is 10.7. The minimum Gasteiger partial charge on any atom is -0.492 e. The first-order valence-electron chi connectivity index (χ1n) is 4.82. The van der Waals surface area contributed by atoms with Gasteiger partial charge >= 0.3 is 0 Å². The molecule has 2 rings (SSSR count). The second-order valence-corrected chi connectivity index (χ2v) is 4.28. The summed E-state index contributed by atoms with van der Waals surface area (Å²) in [7, 11) is 0. The molecule has 0 heterocycles. The highest BCUT2D eigenvalue weighted by Gasteiger charge is 2.45. The average molecular weight is 233 g/mol. The maximum Gasteiger partial charge on any atom is 0.248 e. The van der Waals surface area contributed by atoms with E-state index in [1.807, 2.05) is 0 Å². The molecule has 1 aromatic rings. The Bertz CT molecular complexity index is 346. The molecule has 15 heavy (non-hydrogen) atoms. The third-order valence-corrected chi connectivity index (χ3v) is 2.80. The molecule has 0 amide bonds. The molecule has 1 fully saturated rings. The molecule has 0 N–H and O–H groups in total. The molecule has 1 saturated carbocycles. The van der Waals surface area contributed by atoms with Gasteiger partial charge in [0.05, 0.1) is 11.6 Å². The molecule has 4 heteroatoms. The lowest BCUT2D eigenvalue weighted by Crippen LogP contribution is -2.38. The van der Waals surface area contributed by atoms with Crippen LogP contribution >= 0.6 is 11.6 Å². The van der Waals surface area contributed by atoms with Crippen molar-refractivity contribution in [2.45, 2.75) is 18.8 Å². The SMILES string of the molecule is FC1(F)CC(COc2ccccc2Cl)C1. The van der Waals surface area contributed by atoms with E-state index in [0.717, 1.165) is 0 Å². The quantitative estimate of drug-likeness (QED) is 0.771. The lowest BCUT2D eigenvalue weighted by atomic mass is 9.82. The Morgan fingerprint density at radius 1 is 1.33 bits per heavy atom. The van der Waals surface area contributed by atoms with Gasteiger partial charge in [0.25, 0.3) is 0 Å². The number of benzene rings is 1. The molecule has 0 aliphatic heterocycles. The summed E-state index contributed by atoms with van der Waals surface area (Å²) in [6, 6.07) is 7.05. The van der Waals surface area contributed by atoms with Crippen LogP contribution < -0.4 is 4.74 Å². The van der Waals surface area contributed by atoms with Gasteiger partial charge in [0.2, 0.25) is 5.92 Å². The smallest absolute Gasteiger partial charge is 0.248 e. The van der Waals surface area contributed by atoms with Crippen LogP contribution in [0.15, 0.2) is 24.3 Å². The minimum atomic E-state index is -2.48. The van der Waals surface area contributed by atoms with Crippen LogP contribution in [-0.2, 0) is 0 Å². The van der Waals surface area contributed by atoms with Gasteiger partial charge in [-0.25, -0.2) is 8.78 Å². The van der Waals surface area contributed by atoms with Crippen LogP contribution in [0.3, 0.4) is 0 Å². The van der Waals surface area contributed by atoms with E-state index < -0.39 is 5.92 Å². The number of hydrogen-bond acceptors (Lipinski definition) is 1. The van der Waals surface area contributed by atoms with Gasteiger partial charge in [-0.05, 0) is 12.1 Å². The molecule has 0 saturated heterocycles. The Morgan fingerprint density at radius 2 is 2.00 bits per heavy atom. The fourth-order valence-corrected chi connectivity index (χ4v) is 1.86. The van der Waals surface area contributed by atoms with Crippen LogP contribution in [-0.4, -0.2) is 12.5 Å². The second-order valence-electron chi connectivity index (χ2n) is 3.87. The molecule has 0 aromatic heterocycles. The highest BCUT2D eigenvalue weighted by Crippen LogP contribution is 2.42. The van der Waals surface area contributed by atoms with Gasteiger partial charge in [-0.2, -0.15) is 0 Å². The van der Waals surface area contributed by atoms with Crippen LogP contribution in [0.1, 0.15) is 12.8 Å². The van der Waals surface area contributed by atoms with Crippen LogP contribution in [0.25, 0.3) is 0 Å². The fraction of sp³-hybridized carbons (Fsp3) is 0.455. The minimum absolute atomic E-state index is 0.0451. The van der Waals surface area contributed by atoms with E-state index in [4.69, 9.17) is 16.3 Å². The Kier molecular flexibility index (Phi) is 2.83. The van der Waals surface area contributed by atoms with Gasteiger partial charge in [-0.3, -0.25) is 0 Å². The van der Waals surface area contributed by atoms with E-state index in [0.29, 0.717) is 17.4 Å². The molecule has 0 radical (unpaired) electrons. The molecule has 0 spiro atoms. The van der Waals surface area contributed by atoms with Crippen molar-refractivity contribution in [3.05, 3.63) is 29.3 Å². The molecule has 1 aliphatic rings. The molecular formula is C11H11ClF2O. The molecule has 82 valence electrons. The van der Waals surface area contributed by atoms with Crippen molar-refractivity contribution in [1.29, 1.82) is 0 Å². The van der Waals surface area contributed by atoms with E-state index in [2.05, 4.69) is 0 Å². The summed E-state index contributed by atoms with van der Waals surface area (Å²) in [5, 5.41) is 0.517. The number of alkyl halides is 2. The summed E-state index contributed by atoms with van der Waals surface area (Å²) < 4.78 is 30.4. The Hall–Kier alpha value is -0.830. The highest BCUT2D eigenvalue weighted by atomic mass is 35.5. The maximum absolute atomic E-state index is 12.5. The summed E-state index contributed by atoms with van der Waals surface area (Å²) in [6.07, 6.45) is -0.144. The van der Waals surface area contributed by atoms with E-state index in [1.54, 1.807) is 24.3 Å². The molecular weight excluding hydrogens is 222 g/mol. The fourth-order valence-electron chi connectivity index (χ4n) is 1.67. The summed E-state index contributed by atoms with van der Waals surface area (Å²) >= 11 is 5.85. The zero-order chi connectivity index (χ0) is 10.9. The maximum atomic E-state index is 12.5. The average Bonchev–Trinajstić information content (AvgIpc) is 2.13. The Balaban J connectivity index is 1.82. The number of hydrogen-bond donors (Lipinski definition) is 0. The van der Waals surface area contributed by atoms with E-state index in [-0.39, 0.29) is 18.8 Å². The Labute approximate surface area is 92.0 Å². The van der Waals surface area contributed by atoms with Crippen molar-refractivity contribution in [1.82, 2.24) is 0 Å². The summed E-state index contributed by atoms with van der Waals surface area (Å²) in [6.45, 7) is 0.319. The second kappa shape index (κ2) is 3.97. The summed E-state index contributed by atoms with van der Waals surface area (Å²) in [5.41, 5.74) is 0. The third-order valence-electron chi connectivity index (χ3n) is 2.49. The lowest BCUT2D eigenvalue weighted by Gasteiger charge is -2.34. The Morgan fingerprint density at radius 3 is 2.60 bits per heavy atom. The van der Waals surface area contributed by atoms with Crippen molar-refractivity contribution >= 4 is 11.6 Å². The van der Waals surface area contributed by atoms with Gasteiger partial charge in [0.1, 0.15) is 5.75 Å². The van der Waals surface area contributed by atoms with Crippen molar-refractivity contribution in [2.24, 2.45) is 5.92 Å². The molecule has 0 atom stereocenters. The van der Waals surface area contributed by atoms with Crippen LogP contribution in [0, 0.1) is 5.92 Å². The van der Waals surface area contributed by atoms with Crippen molar-refractivity contribution in [3.63, 3.8) is 0 Å². The number of ether oxygens (including phenoxy) is 1. The molecule has 0 bridgehead atoms. The van der Waals surface area contributed by atoms with Gasteiger partial charge in [0.15, 0.2) is 0 Å². The van der Waals surface area contributed by atoms with Crippen LogP contribution in [0.4, 0.5) is 8.78 Å². The molecule has 1 nitrogen and oxygen atoms in total. The monoisotopic (exact) mass is 232 g/mol. The zero-order valence-electron chi connectivity index (χ0n) is 8.05. The largest absolute Gasteiger partial charge is 0.492 e. The highest BCUT2D eigenvalue weighted by molar-refractivity contribution is 6.32. The predicted octanol–water partition coefficient (Wildman–Crippen LogP) is 3.76. The van der Waals surface area contributed by atoms with Gasteiger partial charge < -0.3 is 4.74 Å². The van der Waals surface area contributed by atoms with Gasteiger partial charge in [0, 0.05) is 18.8 Å². The van der Waals surface area contributed by atoms with E-state index >= 15 is 0 Å². The lowest BCUT2D eigenvalue weighted by molar-refractivity contribution is -0.119. The summed E-state index contributed by atoms with van der Waals surface area (Å²) in [4.78, 5) is 0. The topological polar surface area (TPSA) is 9.23 Å². The normalized spacial score (nSPS) is 19.7. The molecule has 1 aromatic carbocycles. The van der Waals surface area contributed by atoms with Gasteiger partial charge in [-0.1, -0.05) is 23.7 Å². The standard InChI is InChI=1S/C11H11ClF2O/c12-9-3-1-2-4-10(9)15-7-8-5-11(13,14)6-8/h1-4,8H,5-7H2. The van der Waals surface area contributed by atoms with Crippen LogP contribution in [0.5, 0.6) is 5.75 Å². The van der Waals surface area contributed by atoms with Crippen molar-refractivity contribution in [3.8, 4) is 5.75 Å². The van der Waals surface area contributed by atoms with Gasteiger partial charge in [-0.15, -0.1) is 0 Å². The van der Waals surface area contributed by atoms with E-state index in [9.17, 15) is 8.78 Å². The third kappa shape index (κ3) is 2.59. The number of para-hydroxylation sites is 1. The first-order chi connectivity index (χ1) is 7.07. The predicted molar refractivity (Wildman–Crippen MR) is 54.6 cm³/mol. The van der Waals surface area contributed by atoms with Crippen LogP contribution in [0.2, 0.25) is 5.02 Å². The number of rotatable bonds is 3. The number of halogens is 3. The zero-order valence-corrected chi connectivity index (χ0v) is 8.81. The molecule has 0 unspecified atom stereocenters. The first-order valence-corrected chi connectivity index (χ1v) is 5.20. The van der Waals surface area contributed by atoms with Crippen molar-refractivity contribution in [2.75, 3.05) is 6.61 Å². The molecule has 1 aliphatic carbocycles. The summed E-state index contributed by atoms with van der Waals surface area (Å²) in [5.74, 6) is -1.96. The van der Waals surface area contributed by atoms with E-state index in [1.165, 1.54) is 0 Å². The van der Waals surface area contributed by atoms with Crippen molar-refractivity contribution < 1.29 is 13.5 Å².